The van der Waals surface area contributed by atoms with Gasteiger partial charge < -0.3 is 4.98 Å². The molecule has 0 aromatic carbocycles. The maximum absolute atomic E-state index is 12.8. The average Bonchev–Trinajstić information content (AvgIpc) is 2.61. The minimum absolute atomic E-state index is 0.122. The topological polar surface area (TPSA) is 37.8 Å². The molecule has 0 saturated carbocycles. The number of aromatic amines is 1. The van der Waals surface area contributed by atoms with E-state index in [-0.39, 0.29) is 5.56 Å². The van der Waals surface area contributed by atoms with Crippen molar-refractivity contribution in [2.24, 2.45) is 0 Å². The summed E-state index contributed by atoms with van der Waals surface area (Å²) in [7, 11) is 0. The van der Waals surface area contributed by atoms with Crippen LogP contribution in [0.1, 0.15) is 49.5 Å². The predicted molar refractivity (Wildman–Crippen MR) is 87.4 cm³/mol. The number of H-pyrrole nitrogens is 1. The van der Waals surface area contributed by atoms with E-state index in [1.54, 1.807) is 15.9 Å². The highest BCUT2D eigenvalue weighted by molar-refractivity contribution is 7.71. The van der Waals surface area contributed by atoms with Crippen LogP contribution in [0.2, 0.25) is 0 Å². The van der Waals surface area contributed by atoms with Crippen LogP contribution in [0.25, 0.3) is 10.2 Å². The zero-order valence-electron chi connectivity index (χ0n) is 11.8. The zero-order chi connectivity index (χ0) is 14.1. The van der Waals surface area contributed by atoms with Crippen molar-refractivity contribution in [3.05, 3.63) is 25.6 Å². The molecule has 0 spiro atoms. The Morgan fingerprint density at radius 1 is 1.30 bits per heavy atom. The number of hydrogen-bond donors (Lipinski definition) is 1. The van der Waals surface area contributed by atoms with Crippen LogP contribution in [0.4, 0.5) is 0 Å². The van der Waals surface area contributed by atoms with E-state index in [0.29, 0.717) is 4.77 Å². The van der Waals surface area contributed by atoms with Gasteiger partial charge in [0, 0.05) is 11.4 Å². The Hall–Kier alpha value is -0.940. The van der Waals surface area contributed by atoms with Crippen molar-refractivity contribution in [3.63, 3.8) is 0 Å². The molecule has 0 amide bonds. The summed E-state index contributed by atoms with van der Waals surface area (Å²) in [5, 5.41) is 0.914. The molecular formula is C15H20N2OS2. The first-order valence-electron chi connectivity index (χ1n) is 7.49. The van der Waals surface area contributed by atoms with Crippen LogP contribution in [0.3, 0.4) is 0 Å². The van der Waals surface area contributed by atoms with Crippen molar-refractivity contribution in [2.75, 3.05) is 0 Å². The normalized spacial score (nSPS) is 15.2. The van der Waals surface area contributed by atoms with Crippen molar-refractivity contribution in [1.29, 1.82) is 0 Å². The third kappa shape index (κ3) is 2.37. The van der Waals surface area contributed by atoms with Gasteiger partial charge in [0.15, 0.2) is 4.77 Å². The number of nitrogens with zero attached hydrogens (tertiary/aromatic N) is 1. The minimum atomic E-state index is 0.122. The molecule has 0 atom stereocenters. The number of hydrogen-bond acceptors (Lipinski definition) is 3. The lowest BCUT2D eigenvalue weighted by molar-refractivity contribution is 0.601. The van der Waals surface area contributed by atoms with Gasteiger partial charge in [0.2, 0.25) is 0 Å². The van der Waals surface area contributed by atoms with Crippen molar-refractivity contribution in [2.45, 2.75) is 58.4 Å². The molecule has 0 saturated heterocycles. The second-order valence-corrected chi connectivity index (χ2v) is 7.00. The van der Waals surface area contributed by atoms with Gasteiger partial charge >= 0.3 is 0 Å². The van der Waals surface area contributed by atoms with E-state index in [2.05, 4.69) is 11.9 Å². The van der Waals surface area contributed by atoms with E-state index in [1.807, 2.05) is 0 Å². The Morgan fingerprint density at radius 2 is 2.10 bits per heavy atom. The van der Waals surface area contributed by atoms with E-state index < -0.39 is 0 Å². The molecule has 3 rings (SSSR count). The molecule has 0 bridgehead atoms. The highest BCUT2D eigenvalue weighted by Gasteiger charge is 2.19. The molecule has 5 heteroatoms. The molecule has 0 fully saturated rings. The number of aryl methyl sites for hydroxylation is 2. The Bertz CT molecular complexity index is 739. The van der Waals surface area contributed by atoms with Crippen LogP contribution < -0.4 is 5.56 Å². The number of rotatable bonds is 3. The smallest absolute Gasteiger partial charge is 0.263 e. The van der Waals surface area contributed by atoms with Crippen LogP contribution in [-0.2, 0) is 19.4 Å². The maximum atomic E-state index is 12.8. The molecule has 0 unspecified atom stereocenters. The molecule has 20 heavy (non-hydrogen) atoms. The van der Waals surface area contributed by atoms with Crippen LogP contribution in [-0.4, -0.2) is 9.55 Å². The highest BCUT2D eigenvalue weighted by atomic mass is 32.1. The fraction of sp³-hybridized carbons (Fsp3) is 0.600. The molecule has 3 nitrogen and oxygen atoms in total. The van der Waals surface area contributed by atoms with Crippen LogP contribution in [0.15, 0.2) is 4.79 Å². The van der Waals surface area contributed by atoms with Crippen molar-refractivity contribution >= 4 is 33.8 Å². The summed E-state index contributed by atoms with van der Waals surface area (Å²) in [6.07, 6.45) is 7.94. The molecule has 108 valence electrons. The highest BCUT2D eigenvalue weighted by Crippen LogP contribution is 2.32. The Morgan fingerprint density at radius 3 is 2.90 bits per heavy atom. The van der Waals surface area contributed by atoms with Crippen LogP contribution in [0.5, 0.6) is 0 Å². The summed E-state index contributed by atoms with van der Waals surface area (Å²) in [6.45, 7) is 2.86. The average molecular weight is 308 g/mol. The van der Waals surface area contributed by atoms with Gasteiger partial charge in [-0.2, -0.15) is 0 Å². The van der Waals surface area contributed by atoms with E-state index >= 15 is 0 Å². The molecular weight excluding hydrogens is 288 g/mol. The number of aromatic nitrogens is 2. The van der Waals surface area contributed by atoms with E-state index in [4.69, 9.17) is 12.2 Å². The number of nitrogens with one attached hydrogen (secondary N) is 1. The monoisotopic (exact) mass is 308 g/mol. The Labute approximate surface area is 127 Å². The van der Waals surface area contributed by atoms with Gasteiger partial charge in [-0.25, -0.2) is 0 Å². The molecule has 0 radical (unpaired) electrons. The Balaban J connectivity index is 2.22. The van der Waals surface area contributed by atoms with Gasteiger partial charge in [-0.15, -0.1) is 11.3 Å². The third-order valence-electron chi connectivity index (χ3n) is 4.08. The summed E-state index contributed by atoms with van der Waals surface area (Å²) in [4.78, 5) is 18.4. The predicted octanol–water partition coefficient (Wildman–Crippen LogP) is 4.19. The lowest BCUT2D eigenvalue weighted by atomic mass is 10.1. The number of unbranched alkanes of at least 4 members (excludes halogenated alkanes) is 1. The number of fused-ring (bicyclic) bond motifs is 3. The van der Waals surface area contributed by atoms with Crippen molar-refractivity contribution in [3.8, 4) is 0 Å². The summed E-state index contributed by atoms with van der Waals surface area (Å²) in [6, 6.07) is 0. The first-order valence-corrected chi connectivity index (χ1v) is 8.72. The zero-order valence-corrected chi connectivity index (χ0v) is 13.5. The molecule has 2 aromatic rings. The first-order chi connectivity index (χ1) is 9.72. The summed E-state index contributed by atoms with van der Waals surface area (Å²) >= 11 is 7.10. The SMILES string of the molecule is CCCCn1c(=S)[nH]c2sc3c(c2c1=O)CCCCC3. The van der Waals surface area contributed by atoms with Gasteiger partial charge in [0.1, 0.15) is 4.83 Å². The fourth-order valence-electron chi connectivity index (χ4n) is 2.97. The van der Waals surface area contributed by atoms with Gasteiger partial charge in [0.05, 0.1) is 5.39 Å². The van der Waals surface area contributed by atoms with Gasteiger partial charge in [-0.05, 0) is 49.9 Å². The number of thiophene rings is 1. The summed E-state index contributed by atoms with van der Waals surface area (Å²) in [5.41, 5.74) is 1.42. The minimum Gasteiger partial charge on any atom is -0.323 e. The van der Waals surface area contributed by atoms with E-state index in [9.17, 15) is 4.79 Å². The summed E-state index contributed by atoms with van der Waals surface area (Å²) < 4.78 is 2.33. The molecule has 0 aliphatic heterocycles. The summed E-state index contributed by atoms with van der Waals surface area (Å²) in [5.74, 6) is 0. The van der Waals surface area contributed by atoms with E-state index in [1.165, 1.54) is 29.7 Å². The lowest BCUT2D eigenvalue weighted by Crippen LogP contribution is -2.22. The Kier molecular flexibility index (Phi) is 4.08. The third-order valence-corrected chi connectivity index (χ3v) is 5.61. The molecule has 2 heterocycles. The van der Waals surface area contributed by atoms with Gasteiger partial charge in [-0.1, -0.05) is 19.8 Å². The molecule has 1 aliphatic carbocycles. The lowest BCUT2D eigenvalue weighted by Gasteiger charge is -2.06. The van der Waals surface area contributed by atoms with Crippen molar-refractivity contribution in [1.82, 2.24) is 9.55 Å². The second kappa shape index (κ2) is 5.82. The largest absolute Gasteiger partial charge is 0.323 e. The maximum Gasteiger partial charge on any atom is 0.263 e. The van der Waals surface area contributed by atoms with E-state index in [0.717, 1.165) is 42.4 Å². The first kappa shape index (κ1) is 14.0. The molecule has 2 aromatic heterocycles. The van der Waals surface area contributed by atoms with Crippen molar-refractivity contribution < 1.29 is 0 Å². The second-order valence-electron chi connectivity index (χ2n) is 5.51. The van der Waals surface area contributed by atoms with Crippen LogP contribution >= 0.6 is 23.6 Å². The molecule has 1 N–H and O–H groups in total. The van der Waals surface area contributed by atoms with Gasteiger partial charge in [0.25, 0.3) is 5.56 Å². The standard InChI is InChI=1S/C15H20N2OS2/c1-2-3-9-17-14(18)12-10-7-5-4-6-8-11(10)20-13(12)16-15(17)19/h2-9H2,1H3,(H,16,19). The van der Waals surface area contributed by atoms with Crippen LogP contribution in [0, 0.1) is 4.77 Å². The van der Waals surface area contributed by atoms with Gasteiger partial charge in [-0.3, -0.25) is 9.36 Å². The quantitative estimate of drug-likeness (QED) is 0.682. The fourth-order valence-corrected chi connectivity index (χ4v) is 4.59. The molecule has 1 aliphatic rings.